The number of aryl methyl sites for hydroxylation is 1. The molecule has 0 atom stereocenters. The second-order valence-corrected chi connectivity index (χ2v) is 5.70. The van der Waals surface area contributed by atoms with Crippen molar-refractivity contribution in [3.05, 3.63) is 66.5 Å². The number of aromatic nitrogens is 3. The van der Waals surface area contributed by atoms with Crippen LogP contribution in [0.25, 0.3) is 0 Å². The van der Waals surface area contributed by atoms with Crippen LogP contribution in [-0.2, 0) is 20.6 Å². The first-order chi connectivity index (χ1) is 11.6. The second-order valence-electron chi connectivity index (χ2n) is 5.70. The molecule has 3 aromatic rings. The number of anilines is 1. The Labute approximate surface area is 141 Å². The normalized spacial score (nSPS) is 11.1. The quantitative estimate of drug-likeness (QED) is 0.535. The van der Waals surface area contributed by atoms with Gasteiger partial charge in [-0.15, -0.1) is 5.11 Å². The van der Waals surface area contributed by atoms with E-state index in [9.17, 15) is 0 Å². The Morgan fingerprint density at radius 2 is 1.75 bits per heavy atom. The average Bonchev–Trinajstić information content (AvgIpc) is 2.93. The summed E-state index contributed by atoms with van der Waals surface area (Å²) in [6.45, 7) is 0.867. The Hall–Kier alpha value is -3.02. The van der Waals surface area contributed by atoms with E-state index < -0.39 is 0 Å². The number of azo groups is 1. The lowest BCUT2D eigenvalue weighted by molar-refractivity contribution is -0.751. The van der Waals surface area contributed by atoms with Crippen molar-refractivity contribution in [1.29, 1.82) is 0 Å². The summed E-state index contributed by atoms with van der Waals surface area (Å²) < 4.78 is 3.67. The molecule has 0 aliphatic rings. The van der Waals surface area contributed by atoms with Crippen LogP contribution < -0.4 is 9.58 Å². The summed E-state index contributed by atoms with van der Waals surface area (Å²) in [5.74, 6) is 0.572. The number of hydrogen-bond acceptors (Lipinski definition) is 4. The van der Waals surface area contributed by atoms with Gasteiger partial charge < -0.3 is 4.90 Å². The van der Waals surface area contributed by atoms with E-state index in [1.807, 2.05) is 41.7 Å². The Kier molecular flexibility index (Phi) is 4.65. The predicted molar refractivity (Wildman–Crippen MR) is 93.6 cm³/mol. The van der Waals surface area contributed by atoms with E-state index in [0.717, 1.165) is 17.9 Å². The molecule has 0 aliphatic heterocycles. The van der Waals surface area contributed by atoms with Crippen molar-refractivity contribution in [2.75, 3.05) is 11.9 Å². The van der Waals surface area contributed by atoms with E-state index in [1.165, 1.54) is 5.56 Å². The van der Waals surface area contributed by atoms with Crippen molar-refractivity contribution in [2.24, 2.45) is 24.3 Å². The maximum atomic E-state index is 4.24. The highest BCUT2D eigenvalue weighted by Crippen LogP contribution is 2.21. The third kappa shape index (κ3) is 3.65. The topological polar surface area (TPSA) is 49.7 Å². The van der Waals surface area contributed by atoms with Crippen LogP contribution in [-0.4, -0.2) is 16.7 Å². The van der Waals surface area contributed by atoms with Crippen molar-refractivity contribution in [1.82, 2.24) is 9.67 Å². The molecule has 1 aromatic heterocycles. The molecule has 0 radical (unpaired) electrons. The van der Waals surface area contributed by atoms with Crippen LogP contribution in [0, 0.1) is 0 Å². The van der Waals surface area contributed by atoms with Gasteiger partial charge in [0.05, 0.1) is 12.7 Å². The predicted octanol–water partition coefficient (Wildman–Crippen LogP) is 3.30. The summed E-state index contributed by atoms with van der Waals surface area (Å²) in [6.07, 6.45) is 1.70. The minimum atomic E-state index is 0.572. The summed E-state index contributed by atoms with van der Waals surface area (Å²) in [6, 6.07) is 18.4. The van der Waals surface area contributed by atoms with E-state index >= 15 is 0 Å². The molecular weight excluding hydrogens is 300 g/mol. The van der Waals surface area contributed by atoms with Crippen LogP contribution in [0.5, 0.6) is 0 Å². The fourth-order valence-corrected chi connectivity index (χ4v) is 2.35. The third-order valence-corrected chi connectivity index (χ3v) is 3.91. The highest BCUT2D eigenvalue weighted by Gasteiger charge is 2.09. The Morgan fingerprint density at radius 3 is 2.38 bits per heavy atom. The number of benzene rings is 2. The van der Waals surface area contributed by atoms with Gasteiger partial charge in [0, 0.05) is 19.3 Å². The standard InChI is InChI=1S/C18H21N6/c1-22(13-15-7-5-4-6-8-15)17-11-9-16(10-12-17)20-21-18-19-14-23(2)24(18)3/h4-12,14H,13H2,1-3H3/q+1. The lowest BCUT2D eigenvalue weighted by Gasteiger charge is -2.19. The first-order valence-electron chi connectivity index (χ1n) is 7.78. The summed E-state index contributed by atoms with van der Waals surface area (Å²) >= 11 is 0. The van der Waals surface area contributed by atoms with Gasteiger partial charge in [-0.3, -0.25) is 0 Å². The molecule has 0 unspecified atom stereocenters. The van der Waals surface area contributed by atoms with Crippen LogP contribution in [0.4, 0.5) is 17.3 Å². The molecule has 0 saturated heterocycles. The third-order valence-electron chi connectivity index (χ3n) is 3.91. The Bertz CT molecular complexity index is 820. The van der Waals surface area contributed by atoms with Gasteiger partial charge in [0.1, 0.15) is 7.05 Å². The lowest BCUT2D eigenvalue weighted by Crippen LogP contribution is -2.35. The van der Waals surface area contributed by atoms with Crippen LogP contribution in [0.2, 0.25) is 0 Å². The molecule has 6 nitrogen and oxygen atoms in total. The van der Waals surface area contributed by atoms with Crippen LogP contribution in [0.1, 0.15) is 5.56 Å². The van der Waals surface area contributed by atoms with Crippen molar-refractivity contribution in [3.8, 4) is 0 Å². The van der Waals surface area contributed by atoms with E-state index in [0.29, 0.717) is 5.95 Å². The molecule has 0 bridgehead atoms. The Morgan fingerprint density at radius 1 is 1.04 bits per heavy atom. The first-order valence-corrected chi connectivity index (χ1v) is 7.78. The van der Waals surface area contributed by atoms with Crippen molar-refractivity contribution < 1.29 is 4.68 Å². The van der Waals surface area contributed by atoms with E-state index in [-0.39, 0.29) is 0 Å². The zero-order valence-electron chi connectivity index (χ0n) is 14.2. The molecule has 0 spiro atoms. The SMILES string of the molecule is CN(Cc1ccccc1)c1ccc(N=Nc2nc[n+](C)n2C)cc1. The molecular formula is C18H21N6+. The molecule has 0 amide bonds. The highest BCUT2D eigenvalue weighted by atomic mass is 15.5. The van der Waals surface area contributed by atoms with Gasteiger partial charge in [-0.25, -0.2) is 0 Å². The van der Waals surface area contributed by atoms with Crippen LogP contribution in [0.15, 0.2) is 71.2 Å². The number of hydrogen-bond donors (Lipinski definition) is 0. The zero-order valence-corrected chi connectivity index (χ0v) is 14.2. The summed E-state index contributed by atoms with van der Waals surface area (Å²) in [5, 5.41) is 8.43. The Balaban J connectivity index is 1.68. The van der Waals surface area contributed by atoms with Gasteiger partial charge in [0.15, 0.2) is 0 Å². The van der Waals surface area contributed by atoms with Gasteiger partial charge in [0.2, 0.25) is 0 Å². The molecule has 6 heteroatoms. The largest absolute Gasteiger partial charge is 0.394 e. The maximum absolute atomic E-state index is 4.24. The molecule has 0 fully saturated rings. The number of rotatable bonds is 5. The second kappa shape index (κ2) is 7.04. The van der Waals surface area contributed by atoms with Gasteiger partial charge in [-0.1, -0.05) is 35.4 Å². The summed E-state index contributed by atoms with van der Waals surface area (Å²) in [5.41, 5.74) is 3.23. The lowest BCUT2D eigenvalue weighted by atomic mass is 10.2. The monoisotopic (exact) mass is 321 g/mol. The molecule has 0 saturated carbocycles. The number of nitrogens with zero attached hydrogens (tertiary/aromatic N) is 6. The molecule has 122 valence electrons. The molecule has 0 N–H and O–H groups in total. The van der Waals surface area contributed by atoms with Crippen molar-refractivity contribution >= 4 is 17.3 Å². The minimum Gasteiger partial charge on any atom is -0.370 e. The smallest absolute Gasteiger partial charge is 0.370 e. The first kappa shape index (κ1) is 15.9. The van der Waals surface area contributed by atoms with Gasteiger partial charge in [-0.2, -0.15) is 9.36 Å². The molecule has 2 aromatic carbocycles. The summed E-state index contributed by atoms with van der Waals surface area (Å²) in [4.78, 5) is 6.38. The van der Waals surface area contributed by atoms with Gasteiger partial charge in [-0.05, 0) is 34.8 Å². The molecule has 0 aliphatic carbocycles. The van der Waals surface area contributed by atoms with Crippen molar-refractivity contribution in [3.63, 3.8) is 0 Å². The van der Waals surface area contributed by atoms with Crippen LogP contribution >= 0.6 is 0 Å². The van der Waals surface area contributed by atoms with Crippen LogP contribution in [0.3, 0.4) is 0 Å². The minimum absolute atomic E-state index is 0.572. The zero-order chi connectivity index (χ0) is 16.9. The fourth-order valence-electron chi connectivity index (χ4n) is 2.35. The van der Waals surface area contributed by atoms with E-state index in [2.05, 4.69) is 63.6 Å². The van der Waals surface area contributed by atoms with E-state index in [1.54, 1.807) is 6.33 Å². The maximum Gasteiger partial charge on any atom is 0.394 e. The molecule has 24 heavy (non-hydrogen) atoms. The molecule has 3 rings (SSSR count). The molecule has 1 heterocycles. The van der Waals surface area contributed by atoms with Gasteiger partial charge >= 0.3 is 12.3 Å². The van der Waals surface area contributed by atoms with Gasteiger partial charge in [0.25, 0.3) is 0 Å². The van der Waals surface area contributed by atoms with Crippen molar-refractivity contribution in [2.45, 2.75) is 6.54 Å². The van der Waals surface area contributed by atoms with E-state index in [4.69, 9.17) is 0 Å². The average molecular weight is 321 g/mol. The summed E-state index contributed by atoms with van der Waals surface area (Å²) in [7, 11) is 5.88. The highest BCUT2D eigenvalue weighted by molar-refractivity contribution is 5.52. The fraction of sp³-hybridized carbons (Fsp3) is 0.222.